The highest BCUT2D eigenvalue weighted by molar-refractivity contribution is 5.75. The van der Waals surface area contributed by atoms with Crippen LogP contribution in [0.3, 0.4) is 0 Å². The first-order chi connectivity index (χ1) is 8.56. The Balaban J connectivity index is 2.03. The van der Waals surface area contributed by atoms with Crippen LogP contribution in [-0.4, -0.2) is 19.4 Å². The van der Waals surface area contributed by atoms with Crippen LogP contribution in [-0.2, 0) is 14.3 Å². The minimum Gasteiger partial charge on any atom is -0.438 e. The van der Waals surface area contributed by atoms with Crippen molar-refractivity contribution < 1.29 is 14.3 Å². The first-order valence-electron chi connectivity index (χ1n) is 7.31. The number of hydrogen-bond donors (Lipinski definition) is 0. The Morgan fingerprint density at radius 2 is 1.89 bits per heavy atom. The van der Waals surface area contributed by atoms with E-state index in [1.807, 2.05) is 20.8 Å². The number of carbonyl (C=O) groups is 1. The molecule has 0 spiro atoms. The van der Waals surface area contributed by atoms with Gasteiger partial charge in [0.05, 0.1) is 12.0 Å². The Bertz CT molecular complexity index is 242. The maximum absolute atomic E-state index is 11.7. The van der Waals surface area contributed by atoms with Crippen LogP contribution >= 0.6 is 0 Å². The fourth-order valence-corrected chi connectivity index (χ4v) is 2.22. The molecule has 0 saturated heterocycles. The molecule has 0 amide bonds. The predicted octanol–water partition coefficient (Wildman–Crippen LogP) is 3.91. The van der Waals surface area contributed by atoms with Gasteiger partial charge in [0.2, 0.25) is 0 Å². The zero-order valence-electron chi connectivity index (χ0n) is 12.2. The Morgan fingerprint density at radius 3 is 2.50 bits per heavy atom. The second-order valence-electron chi connectivity index (χ2n) is 5.99. The first kappa shape index (κ1) is 15.5. The van der Waals surface area contributed by atoms with Gasteiger partial charge in [-0.05, 0) is 32.6 Å². The van der Waals surface area contributed by atoms with Gasteiger partial charge in [-0.1, -0.05) is 39.0 Å². The summed E-state index contributed by atoms with van der Waals surface area (Å²) in [6, 6.07) is 0. The lowest BCUT2D eigenvalue weighted by Crippen LogP contribution is -2.26. The maximum atomic E-state index is 11.7. The summed E-state index contributed by atoms with van der Waals surface area (Å²) in [5.41, 5.74) is -0.396. The third-order valence-corrected chi connectivity index (χ3v) is 4.11. The molecule has 18 heavy (non-hydrogen) atoms. The number of rotatable bonds is 7. The van der Waals surface area contributed by atoms with E-state index in [4.69, 9.17) is 9.47 Å². The minimum atomic E-state index is -0.396. The van der Waals surface area contributed by atoms with Crippen LogP contribution in [0.5, 0.6) is 0 Å². The van der Waals surface area contributed by atoms with Gasteiger partial charge in [0.25, 0.3) is 0 Å². The molecule has 3 nitrogen and oxygen atoms in total. The summed E-state index contributed by atoms with van der Waals surface area (Å²) in [4.78, 5) is 11.7. The van der Waals surface area contributed by atoms with Crippen molar-refractivity contribution in [3.05, 3.63) is 0 Å². The largest absolute Gasteiger partial charge is 0.438 e. The Hall–Kier alpha value is -0.570. The van der Waals surface area contributed by atoms with Crippen LogP contribution in [0.2, 0.25) is 0 Å². The van der Waals surface area contributed by atoms with E-state index >= 15 is 0 Å². The van der Waals surface area contributed by atoms with Crippen molar-refractivity contribution in [1.82, 2.24) is 0 Å². The molecule has 0 radical (unpaired) electrons. The monoisotopic (exact) mass is 256 g/mol. The van der Waals surface area contributed by atoms with E-state index in [-0.39, 0.29) is 12.8 Å². The summed E-state index contributed by atoms with van der Waals surface area (Å²) >= 11 is 0. The molecule has 0 unspecified atom stereocenters. The van der Waals surface area contributed by atoms with E-state index in [0.717, 1.165) is 18.8 Å². The summed E-state index contributed by atoms with van der Waals surface area (Å²) in [5, 5.41) is 0. The second kappa shape index (κ2) is 7.78. The fraction of sp³-hybridized carbons (Fsp3) is 0.933. The zero-order chi connectivity index (χ0) is 13.4. The summed E-state index contributed by atoms with van der Waals surface area (Å²) < 4.78 is 10.5. The van der Waals surface area contributed by atoms with Gasteiger partial charge in [-0.3, -0.25) is 4.79 Å². The number of carbonyl (C=O) groups excluding carboxylic acids is 1. The highest BCUT2D eigenvalue weighted by atomic mass is 16.7. The molecule has 0 aromatic rings. The van der Waals surface area contributed by atoms with Crippen molar-refractivity contribution in [2.24, 2.45) is 11.3 Å². The van der Waals surface area contributed by atoms with Gasteiger partial charge in [0.1, 0.15) is 0 Å². The average molecular weight is 256 g/mol. The van der Waals surface area contributed by atoms with Crippen LogP contribution in [0.25, 0.3) is 0 Å². The molecule has 3 heteroatoms. The van der Waals surface area contributed by atoms with Crippen LogP contribution in [0.1, 0.15) is 65.7 Å². The molecule has 1 rings (SSSR count). The molecular formula is C15H28O3. The lowest BCUT2D eigenvalue weighted by atomic mass is 9.87. The standard InChI is InChI=1S/C15H28O3/c1-4-15(2,3)14(16)18-12-17-11-10-13-8-6-5-7-9-13/h13H,4-12H2,1-3H3. The summed E-state index contributed by atoms with van der Waals surface area (Å²) in [6.07, 6.45) is 8.69. The molecule has 0 bridgehead atoms. The highest BCUT2D eigenvalue weighted by Gasteiger charge is 2.26. The molecule has 1 fully saturated rings. The van der Waals surface area contributed by atoms with Crippen LogP contribution < -0.4 is 0 Å². The Morgan fingerprint density at radius 1 is 1.22 bits per heavy atom. The Kier molecular flexibility index (Phi) is 6.69. The van der Waals surface area contributed by atoms with E-state index in [2.05, 4.69) is 0 Å². The van der Waals surface area contributed by atoms with Crippen molar-refractivity contribution in [3.63, 3.8) is 0 Å². The Labute approximate surface area is 111 Å². The van der Waals surface area contributed by atoms with Gasteiger partial charge in [0.15, 0.2) is 6.79 Å². The van der Waals surface area contributed by atoms with Crippen molar-refractivity contribution in [2.75, 3.05) is 13.4 Å². The van der Waals surface area contributed by atoms with Crippen LogP contribution in [0, 0.1) is 11.3 Å². The molecule has 0 heterocycles. The van der Waals surface area contributed by atoms with Crippen molar-refractivity contribution >= 4 is 5.97 Å². The number of esters is 1. The summed E-state index contributed by atoms with van der Waals surface area (Å²) in [5.74, 6) is 0.657. The lowest BCUT2D eigenvalue weighted by molar-refractivity contribution is -0.167. The fourth-order valence-electron chi connectivity index (χ4n) is 2.22. The molecule has 0 aromatic carbocycles. The number of hydrogen-bond acceptors (Lipinski definition) is 3. The molecule has 1 aliphatic rings. The predicted molar refractivity (Wildman–Crippen MR) is 72.2 cm³/mol. The van der Waals surface area contributed by atoms with Gasteiger partial charge in [0, 0.05) is 0 Å². The summed E-state index contributed by atoms with van der Waals surface area (Å²) in [7, 11) is 0. The van der Waals surface area contributed by atoms with Gasteiger partial charge >= 0.3 is 5.97 Å². The van der Waals surface area contributed by atoms with Crippen LogP contribution in [0.15, 0.2) is 0 Å². The van der Waals surface area contributed by atoms with Gasteiger partial charge in [-0.15, -0.1) is 0 Å². The molecule has 1 aliphatic carbocycles. The molecule has 106 valence electrons. The van der Waals surface area contributed by atoms with Gasteiger partial charge in [-0.2, -0.15) is 0 Å². The minimum absolute atomic E-state index is 0.106. The van der Waals surface area contributed by atoms with E-state index in [1.54, 1.807) is 0 Å². The molecular weight excluding hydrogens is 228 g/mol. The third-order valence-electron chi connectivity index (χ3n) is 4.11. The topological polar surface area (TPSA) is 35.5 Å². The smallest absolute Gasteiger partial charge is 0.313 e. The maximum Gasteiger partial charge on any atom is 0.313 e. The van der Waals surface area contributed by atoms with E-state index in [0.29, 0.717) is 6.61 Å². The van der Waals surface area contributed by atoms with Gasteiger partial charge < -0.3 is 9.47 Å². The van der Waals surface area contributed by atoms with Gasteiger partial charge in [-0.25, -0.2) is 0 Å². The number of ether oxygens (including phenoxy) is 2. The quantitative estimate of drug-likeness (QED) is 0.393. The van der Waals surface area contributed by atoms with E-state index in [1.165, 1.54) is 32.1 Å². The van der Waals surface area contributed by atoms with Crippen molar-refractivity contribution in [3.8, 4) is 0 Å². The highest BCUT2D eigenvalue weighted by Crippen LogP contribution is 2.26. The molecule has 0 aromatic heterocycles. The van der Waals surface area contributed by atoms with Crippen molar-refractivity contribution in [1.29, 1.82) is 0 Å². The molecule has 0 N–H and O–H groups in total. The van der Waals surface area contributed by atoms with Crippen molar-refractivity contribution in [2.45, 2.75) is 65.7 Å². The van der Waals surface area contributed by atoms with Crippen LogP contribution in [0.4, 0.5) is 0 Å². The molecule has 1 saturated carbocycles. The molecule has 0 aliphatic heterocycles. The normalized spacial score (nSPS) is 17.7. The second-order valence-corrected chi connectivity index (χ2v) is 5.99. The average Bonchev–Trinajstić information content (AvgIpc) is 2.39. The zero-order valence-corrected chi connectivity index (χ0v) is 12.2. The first-order valence-corrected chi connectivity index (χ1v) is 7.31. The van der Waals surface area contributed by atoms with E-state index < -0.39 is 5.41 Å². The third kappa shape index (κ3) is 5.38. The van der Waals surface area contributed by atoms with E-state index in [9.17, 15) is 4.79 Å². The molecule has 0 atom stereocenters. The SMILES string of the molecule is CCC(C)(C)C(=O)OCOCCC1CCCCC1. The summed E-state index contributed by atoms with van der Waals surface area (Å²) in [6.45, 7) is 6.61. The lowest BCUT2D eigenvalue weighted by Gasteiger charge is -2.22.